The van der Waals surface area contributed by atoms with E-state index in [-0.39, 0.29) is 23.9 Å². The molecule has 1 aromatic heterocycles. The molecular weight excluding hydrogens is 444 g/mol. The highest BCUT2D eigenvalue weighted by Gasteiger charge is 2.57. The van der Waals surface area contributed by atoms with E-state index in [9.17, 15) is 14.7 Å². The Labute approximate surface area is 208 Å². The summed E-state index contributed by atoms with van der Waals surface area (Å²) >= 11 is 0. The highest BCUT2D eigenvalue weighted by atomic mass is 16.6. The van der Waals surface area contributed by atoms with E-state index >= 15 is 0 Å². The van der Waals surface area contributed by atoms with Gasteiger partial charge in [-0.05, 0) is 43.6 Å². The summed E-state index contributed by atoms with van der Waals surface area (Å²) in [4.78, 5) is 35.3. The van der Waals surface area contributed by atoms with Gasteiger partial charge in [0.1, 0.15) is 6.54 Å². The molecule has 3 N–H and O–H groups in total. The second-order valence-corrected chi connectivity index (χ2v) is 11.5. The zero-order valence-corrected chi connectivity index (χ0v) is 20.8. The topological polar surface area (TPSA) is 115 Å². The number of aromatic nitrogens is 2. The van der Waals surface area contributed by atoms with Crippen molar-refractivity contribution in [2.24, 2.45) is 23.5 Å². The Morgan fingerprint density at radius 2 is 1.49 bits per heavy atom. The molecule has 0 aromatic carbocycles. The summed E-state index contributed by atoms with van der Waals surface area (Å²) in [5.74, 6) is -0.209. The second kappa shape index (κ2) is 10.1. The Bertz CT molecular complexity index is 872. The molecule has 2 aliphatic carbocycles. The molecule has 0 spiro atoms. The predicted molar refractivity (Wildman–Crippen MR) is 130 cm³/mol. The maximum atomic E-state index is 13.9. The number of fused-ring (bicyclic) bond motifs is 3. The number of hydrogen-bond acceptors (Lipinski definition) is 6. The van der Waals surface area contributed by atoms with Gasteiger partial charge in [-0.3, -0.25) is 4.79 Å². The van der Waals surface area contributed by atoms with Gasteiger partial charge in [0.15, 0.2) is 17.5 Å². The summed E-state index contributed by atoms with van der Waals surface area (Å²) in [6, 6.07) is 1.07. The van der Waals surface area contributed by atoms with E-state index in [1.54, 1.807) is 18.5 Å². The van der Waals surface area contributed by atoms with Gasteiger partial charge < -0.3 is 20.1 Å². The molecular formula is C27H41N4O4+. The minimum Gasteiger partial charge on any atom is -0.454 e. The van der Waals surface area contributed by atoms with Crippen molar-refractivity contribution in [1.82, 2.24) is 9.97 Å². The maximum Gasteiger partial charge on any atom is 0.339 e. The number of nitrogens with zero attached hydrogens (tertiary/aromatic N) is 3. The fraction of sp³-hybridized carbons (Fsp3) is 0.778. The first-order chi connectivity index (χ1) is 16.9. The molecule has 0 radical (unpaired) electrons. The van der Waals surface area contributed by atoms with Crippen molar-refractivity contribution in [2.45, 2.75) is 94.8 Å². The average molecular weight is 486 g/mol. The fourth-order valence-corrected chi connectivity index (χ4v) is 7.74. The van der Waals surface area contributed by atoms with E-state index in [1.165, 1.54) is 12.8 Å². The van der Waals surface area contributed by atoms with Crippen LogP contribution in [0.1, 0.15) is 88.9 Å². The molecule has 2 bridgehead atoms. The van der Waals surface area contributed by atoms with Crippen LogP contribution < -0.4 is 5.73 Å². The minimum atomic E-state index is -1.40. The molecule has 8 nitrogen and oxygen atoms in total. The lowest BCUT2D eigenvalue weighted by atomic mass is 9.66. The van der Waals surface area contributed by atoms with Gasteiger partial charge in [-0.15, -0.1) is 0 Å². The van der Waals surface area contributed by atoms with Crippen molar-refractivity contribution in [2.75, 3.05) is 19.6 Å². The number of esters is 1. The van der Waals surface area contributed by atoms with Crippen molar-refractivity contribution in [3.8, 4) is 0 Å². The lowest BCUT2D eigenvalue weighted by Crippen LogP contribution is -2.68. The van der Waals surface area contributed by atoms with E-state index in [1.807, 2.05) is 0 Å². The third-order valence-electron chi connectivity index (χ3n) is 9.65. The summed E-state index contributed by atoms with van der Waals surface area (Å²) in [7, 11) is 0. The Kier molecular flexibility index (Phi) is 7.13. The van der Waals surface area contributed by atoms with Crippen molar-refractivity contribution in [3.63, 3.8) is 0 Å². The normalized spacial score (nSPS) is 31.1. The van der Waals surface area contributed by atoms with Gasteiger partial charge in [0, 0.05) is 31.2 Å². The lowest BCUT2D eigenvalue weighted by molar-refractivity contribution is -0.965. The molecule has 4 heterocycles. The molecule has 2 saturated carbocycles. The van der Waals surface area contributed by atoms with Gasteiger partial charge >= 0.3 is 5.97 Å². The first kappa shape index (κ1) is 24.6. The van der Waals surface area contributed by atoms with Crippen molar-refractivity contribution >= 4 is 11.9 Å². The molecule has 35 heavy (non-hydrogen) atoms. The van der Waals surface area contributed by atoms with Crippen molar-refractivity contribution in [1.29, 1.82) is 0 Å². The van der Waals surface area contributed by atoms with Crippen LogP contribution in [0.5, 0.6) is 0 Å². The third-order valence-corrected chi connectivity index (χ3v) is 9.65. The molecule has 8 heteroatoms. The molecule has 1 aromatic rings. The Morgan fingerprint density at radius 1 is 0.943 bits per heavy atom. The standard InChI is InChI=1S/C27H40N4O4/c28-24(32)23(25-29-14-7-15-30-25)31-16-12-19(13-17-31)22(18-31)35-26(33)27(34,20-8-3-1-4-9-20)21-10-5-2-6-11-21/h7,14-15,19-23,34H,1-6,8-13,16-18H2,(H-,28,32)/p+1/t19?,22-,23?,31?/m0/s1. The summed E-state index contributed by atoms with van der Waals surface area (Å²) < 4.78 is 6.72. The van der Waals surface area contributed by atoms with E-state index in [2.05, 4.69) is 9.97 Å². The van der Waals surface area contributed by atoms with Gasteiger partial charge in [-0.1, -0.05) is 38.5 Å². The number of carbonyl (C=O) groups excluding carboxylic acids is 2. The molecule has 1 amide bonds. The monoisotopic (exact) mass is 485 g/mol. The number of hydrogen-bond donors (Lipinski definition) is 2. The number of piperidine rings is 3. The van der Waals surface area contributed by atoms with Gasteiger partial charge in [-0.2, -0.15) is 0 Å². The molecule has 2 atom stereocenters. The lowest BCUT2D eigenvalue weighted by Gasteiger charge is -2.54. The highest BCUT2D eigenvalue weighted by Crippen LogP contribution is 2.46. The molecule has 6 rings (SSSR count). The van der Waals surface area contributed by atoms with Crippen LogP contribution in [-0.2, 0) is 14.3 Å². The summed E-state index contributed by atoms with van der Waals surface area (Å²) in [6.45, 7) is 2.11. The number of aliphatic hydroxyl groups is 1. The van der Waals surface area contributed by atoms with Gasteiger partial charge in [0.25, 0.3) is 5.91 Å². The largest absolute Gasteiger partial charge is 0.454 e. The molecule has 1 unspecified atom stereocenters. The number of rotatable bonds is 7. The quantitative estimate of drug-likeness (QED) is 0.453. The summed E-state index contributed by atoms with van der Waals surface area (Å²) in [5.41, 5.74) is 4.51. The number of carbonyl (C=O) groups is 2. The number of nitrogens with two attached hydrogens (primary N) is 1. The van der Waals surface area contributed by atoms with Crippen LogP contribution in [0.25, 0.3) is 0 Å². The third kappa shape index (κ3) is 4.59. The average Bonchev–Trinajstić information content (AvgIpc) is 2.90. The van der Waals surface area contributed by atoms with Crippen molar-refractivity contribution < 1.29 is 23.9 Å². The molecule has 3 saturated heterocycles. The first-order valence-corrected chi connectivity index (χ1v) is 13.8. The predicted octanol–water partition coefficient (Wildman–Crippen LogP) is 3.05. The van der Waals surface area contributed by atoms with E-state index in [0.29, 0.717) is 16.9 Å². The van der Waals surface area contributed by atoms with E-state index in [4.69, 9.17) is 10.5 Å². The maximum absolute atomic E-state index is 13.9. The van der Waals surface area contributed by atoms with Gasteiger partial charge in [0.05, 0.1) is 13.1 Å². The van der Waals surface area contributed by atoms with Crippen LogP contribution in [0.15, 0.2) is 18.5 Å². The summed E-state index contributed by atoms with van der Waals surface area (Å²) in [6.07, 6.45) is 14.9. The van der Waals surface area contributed by atoms with Crippen LogP contribution in [0.2, 0.25) is 0 Å². The van der Waals surface area contributed by atoms with Crippen LogP contribution in [0.3, 0.4) is 0 Å². The zero-order chi connectivity index (χ0) is 24.5. The highest BCUT2D eigenvalue weighted by molar-refractivity contribution is 5.81. The SMILES string of the molecule is NC(=O)C(c1ncccn1)[N+]12CCC(CC1)[C@@H](OC(=O)C(O)(C1CCCCC1)C1CCCCC1)C2. The molecule has 5 fully saturated rings. The Balaban J connectivity index is 1.38. The van der Waals surface area contributed by atoms with Gasteiger partial charge in [-0.25, -0.2) is 14.8 Å². The molecule has 3 aliphatic heterocycles. The number of quaternary nitrogens is 1. The van der Waals surface area contributed by atoms with Crippen LogP contribution in [-0.4, -0.2) is 62.8 Å². The van der Waals surface area contributed by atoms with Crippen molar-refractivity contribution in [3.05, 3.63) is 24.3 Å². The Hall–Kier alpha value is -2.06. The fourth-order valence-electron chi connectivity index (χ4n) is 7.74. The first-order valence-electron chi connectivity index (χ1n) is 13.8. The van der Waals surface area contributed by atoms with Crippen LogP contribution >= 0.6 is 0 Å². The zero-order valence-electron chi connectivity index (χ0n) is 20.8. The Morgan fingerprint density at radius 3 is 2.00 bits per heavy atom. The van der Waals surface area contributed by atoms with Crippen LogP contribution in [0.4, 0.5) is 0 Å². The number of ether oxygens (including phenoxy) is 1. The number of amides is 1. The van der Waals surface area contributed by atoms with Crippen LogP contribution in [0, 0.1) is 17.8 Å². The van der Waals surface area contributed by atoms with Gasteiger partial charge in [0.2, 0.25) is 6.04 Å². The minimum absolute atomic E-state index is 0.0211. The molecule has 5 aliphatic rings. The smallest absolute Gasteiger partial charge is 0.339 e. The molecule has 192 valence electrons. The second-order valence-electron chi connectivity index (χ2n) is 11.5. The van der Waals surface area contributed by atoms with E-state index < -0.39 is 23.5 Å². The summed E-state index contributed by atoms with van der Waals surface area (Å²) in [5, 5.41) is 12.1. The number of primary amides is 1. The van der Waals surface area contributed by atoms with E-state index in [0.717, 1.165) is 77.3 Å².